The number of para-hydroxylation sites is 2. The largest absolute Gasteiger partial charge is 0.457 e. The van der Waals surface area contributed by atoms with Crippen LogP contribution in [-0.4, -0.2) is 38.3 Å². The molecule has 0 aromatic heterocycles. The summed E-state index contributed by atoms with van der Waals surface area (Å²) in [5.74, 6) is 1.11. The second-order valence-electron chi connectivity index (χ2n) is 5.76. The van der Waals surface area contributed by atoms with E-state index in [2.05, 4.69) is 10.6 Å². The van der Waals surface area contributed by atoms with Gasteiger partial charge in [0, 0.05) is 13.7 Å². The predicted octanol–water partition coefficient (Wildman–Crippen LogP) is 2.59. The average Bonchev–Trinajstić information content (AvgIpc) is 2.63. The van der Waals surface area contributed by atoms with Gasteiger partial charge in [-0.2, -0.15) is 0 Å². The number of nitrogens with one attached hydrogen (secondary N) is 2. The molecule has 2 aromatic carbocycles. The van der Waals surface area contributed by atoms with Gasteiger partial charge < -0.3 is 20.1 Å². The number of ether oxygens (including phenoxy) is 2. The predicted molar refractivity (Wildman–Crippen MR) is 92.5 cm³/mol. The van der Waals surface area contributed by atoms with Gasteiger partial charge in [-0.05, 0) is 37.2 Å². The Kier molecular flexibility index (Phi) is 5.46. The lowest BCUT2D eigenvalue weighted by atomic mass is 10.0. The van der Waals surface area contributed by atoms with Gasteiger partial charge in [0.25, 0.3) is 5.91 Å². The molecule has 1 aliphatic heterocycles. The number of rotatable bonds is 5. The van der Waals surface area contributed by atoms with Crippen molar-refractivity contribution in [1.82, 2.24) is 10.6 Å². The molecule has 2 unspecified atom stereocenters. The van der Waals surface area contributed by atoms with Crippen molar-refractivity contribution in [2.75, 3.05) is 20.2 Å². The maximum atomic E-state index is 12.7. The molecule has 126 valence electrons. The topological polar surface area (TPSA) is 59.6 Å². The summed E-state index contributed by atoms with van der Waals surface area (Å²) in [7, 11) is 1.67. The van der Waals surface area contributed by atoms with Gasteiger partial charge in [0.2, 0.25) is 0 Å². The Hall–Kier alpha value is -2.37. The molecule has 2 N–H and O–H groups in total. The van der Waals surface area contributed by atoms with Crippen molar-refractivity contribution in [3.63, 3.8) is 0 Å². The summed E-state index contributed by atoms with van der Waals surface area (Å²) in [5.41, 5.74) is 0.523. The van der Waals surface area contributed by atoms with E-state index in [4.69, 9.17) is 9.47 Å². The smallest absolute Gasteiger partial charge is 0.255 e. The molecule has 0 bridgehead atoms. The first kappa shape index (κ1) is 16.5. The molecular formula is C19H22N2O3. The first-order valence-electron chi connectivity index (χ1n) is 8.14. The minimum absolute atomic E-state index is 0.00599. The lowest BCUT2D eigenvalue weighted by molar-refractivity contribution is 0.0476. The van der Waals surface area contributed by atoms with Crippen LogP contribution in [0.3, 0.4) is 0 Å². The Bertz CT molecular complexity index is 675. The maximum Gasteiger partial charge on any atom is 0.255 e. The van der Waals surface area contributed by atoms with Crippen LogP contribution in [-0.2, 0) is 4.74 Å². The molecule has 5 nitrogen and oxygen atoms in total. The zero-order valence-corrected chi connectivity index (χ0v) is 13.7. The Morgan fingerprint density at radius 1 is 1.12 bits per heavy atom. The summed E-state index contributed by atoms with van der Waals surface area (Å²) in [5, 5.41) is 6.35. The van der Waals surface area contributed by atoms with E-state index in [0.717, 1.165) is 19.5 Å². The van der Waals surface area contributed by atoms with Crippen molar-refractivity contribution >= 4 is 5.91 Å². The van der Waals surface area contributed by atoms with E-state index in [-0.39, 0.29) is 18.1 Å². The minimum Gasteiger partial charge on any atom is -0.457 e. The summed E-state index contributed by atoms with van der Waals surface area (Å²) < 4.78 is 11.3. The highest BCUT2D eigenvalue weighted by Crippen LogP contribution is 2.25. The molecule has 5 heteroatoms. The van der Waals surface area contributed by atoms with E-state index in [1.165, 1.54) is 0 Å². The van der Waals surface area contributed by atoms with Gasteiger partial charge in [-0.1, -0.05) is 30.3 Å². The molecule has 3 rings (SSSR count). The van der Waals surface area contributed by atoms with Crippen LogP contribution in [0.4, 0.5) is 0 Å². The van der Waals surface area contributed by atoms with Gasteiger partial charge in [0.05, 0.1) is 17.7 Å². The quantitative estimate of drug-likeness (QED) is 0.887. The van der Waals surface area contributed by atoms with Crippen LogP contribution >= 0.6 is 0 Å². The third-order valence-corrected chi connectivity index (χ3v) is 4.15. The molecule has 1 heterocycles. The van der Waals surface area contributed by atoms with E-state index in [9.17, 15) is 4.79 Å². The first-order valence-corrected chi connectivity index (χ1v) is 8.14. The number of carbonyl (C=O) groups is 1. The average molecular weight is 326 g/mol. The van der Waals surface area contributed by atoms with Crippen molar-refractivity contribution in [1.29, 1.82) is 0 Å². The molecule has 1 saturated heterocycles. The normalized spacial score (nSPS) is 20.4. The summed E-state index contributed by atoms with van der Waals surface area (Å²) >= 11 is 0. The summed E-state index contributed by atoms with van der Waals surface area (Å²) in [6, 6.07) is 16.7. The first-order chi connectivity index (χ1) is 11.8. The van der Waals surface area contributed by atoms with Crippen LogP contribution in [0.15, 0.2) is 54.6 Å². The standard InChI is InChI=1S/C19H22N2O3/c1-23-18-13-20-12-11-16(18)21-19(22)15-9-5-6-10-17(15)24-14-7-3-2-4-8-14/h2-10,16,18,20H,11-13H2,1H3,(H,21,22). The number of hydrogen-bond donors (Lipinski definition) is 2. The molecule has 2 atom stereocenters. The Morgan fingerprint density at radius 2 is 1.88 bits per heavy atom. The number of hydrogen-bond acceptors (Lipinski definition) is 4. The van der Waals surface area contributed by atoms with Crippen molar-refractivity contribution in [3.8, 4) is 11.5 Å². The third-order valence-electron chi connectivity index (χ3n) is 4.15. The molecule has 1 amide bonds. The SMILES string of the molecule is COC1CNCCC1NC(=O)c1ccccc1Oc1ccccc1. The molecule has 0 aliphatic carbocycles. The highest BCUT2D eigenvalue weighted by Gasteiger charge is 2.27. The van der Waals surface area contributed by atoms with Gasteiger partial charge in [0.1, 0.15) is 11.5 Å². The van der Waals surface area contributed by atoms with E-state index >= 15 is 0 Å². The lowest BCUT2D eigenvalue weighted by Crippen LogP contribution is -2.53. The second-order valence-corrected chi connectivity index (χ2v) is 5.76. The number of piperidine rings is 1. The summed E-state index contributed by atoms with van der Waals surface area (Å²) in [4.78, 5) is 12.7. The van der Waals surface area contributed by atoms with Crippen LogP contribution < -0.4 is 15.4 Å². The van der Waals surface area contributed by atoms with Gasteiger partial charge in [-0.3, -0.25) is 4.79 Å². The second kappa shape index (κ2) is 7.95. The molecule has 1 fully saturated rings. The van der Waals surface area contributed by atoms with Crippen molar-refractivity contribution in [2.45, 2.75) is 18.6 Å². The highest BCUT2D eigenvalue weighted by atomic mass is 16.5. The van der Waals surface area contributed by atoms with Crippen LogP contribution in [0.25, 0.3) is 0 Å². The Balaban J connectivity index is 1.75. The molecular weight excluding hydrogens is 304 g/mol. The molecule has 0 saturated carbocycles. The summed E-state index contributed by atoms with van der Waals surface area (Å²) in [6.45, 7) is 1.61. The van der Waals surface area contributed by atoms with Crippen LogP contribution in [0.1, 0.15) is 16.8 Å². The van der Waals surface area contributed by atoms with Gasteiger partial charge >= 0.3 is 0 Å². The monoisotopic (exact) mass is 326 g/mol. The number of benzene rings is 2. The minimum atomic E-state index is -0.143. The zero-order valence-electron chi connectivity index (χ0n) is 13.7. The van der Waals surface area contributed by atoms with Crippen molar-refractivity contribution in [2.24, 2.45) is 0 Å². The van der Waals surface area contributed by atoms with Crippen LogP contribution in [0.5, 0.6) is 11.5 Å². The highest BCUT2D eigenvalue weighted by molar-refractivity contribution is 5.97. The van der Waals surface area contributed by atoms with Crippen molar-refractivity contribution < 1.29 is 14.3 Å². The van der Waals surface area contributed by atoms with Crippen LogP contribution in [0, 0.1) is 0 Å². The van der Waals surface area contributed by atoms with E-state index in [0.29, 0.717) is 17.1 Å². The fraction of sp³-hybridized carbons (Fsp3) is 0.316. The fourth-order valence-electron chi connectivity index (χ4n) is 2.85. The maximum absolute atomic E-state index is 12.7. The van der Waals surface area contributed by atoms with Gasteiger partial charge in [0.15, 0.2) is 0 Å². The Labute approximate surface area is 142 Å². The fourth-order valence-corrected chi connectivity index (χ4v) is 2.85. The molecule has 24 heavy (non-hydrogen) atoms. The van der Waals surface area contributed by atoms with Gasteiger partial charge in [-0.15, -0.1) is 0 Å². The zero-order chi connectivity index (χ0) is 16.8. The van der Waals surface area contributed by atoms with Gasteiger partial charge in [-0.25, -0.2) is 0 Å². The molecule has 2 aromatic rings. The molecule has 1 aliphatic rings. The molecule has 0 spiro atoms. The third kappa shape index (κ3) is 3.93. The summed E-state index contributed by atoms with van der Waals surface area (Å²) in [6.07, 6.45) is 0.816. The van der Waals surface area contributed by atoms with E-state index in [1.54, 1.807) is 19.2 Å². The number of carbonyl (C=O) groups excluding carboxylic acids is 1. The van der Waals surface area contributed by atoms with E-state index < -0.39 is 0 Å². The Morgan fingerprint density at radius 3 is 2.67 bits per heavy atom. The van der Waals surface area contributed by atoms with Crippen LogP contribution in [0.2, 0.25) is 0 Å². The number of methoxy groups -OCH3 is 1. The lowest BCUT2D eigenvalue weighted by Gasteiger charge is -2.31. The van der Waals surface area contributed by atoms with Crippen molar-refractivity contribution in [3.05, 3.63) is 60.2 Å². The van der Waals surface area contributed by atoms with E-state index in [1.807, 2.05) is 42.5 Å². The molecule has 0 radical (unpaired) electrons. The number of amides is 1.